The minimum atomic E-state index is 0.580. The third kappa shape index (κ3) is 3.43. The molecule has 0 radical (unpaired) electrons. The zero-order valence-electron chi connectivity index (χ0n) is 13.2. The Morgan fingerprint density at radius 2 is 2.05 bits per heavy atom. The van der Waals surface area contributed by atoms with E-state index in [1.807, 2.05) is 11.8 Å². The Morgan fingerprint density at radius 1 is 1.24 bits per heavy atom. The molecule has 5 nitrogen and oxygen atoms in total. The van der Waals surface area contributed by atoms with Crippen molar-refractivity contribution in [1.82, 2.24) is 25.0 Å². The predicted octanol–water partition coefficient (Wildman–Crippen LogP) is 1.86. The standard InChI is InChI=1S/C15H27N5S/c1-3-20-10-4-5-13(20)11-21-15-18-17-14(19(15)2)12-6-8-16-9-7-12/h12-13,16H,3-11H2,1-2H3/t13-/m0/s1. The van der Waals surface area contributed by atoms with Crippen molar-refractivity contribution in [2.24, 2.45) is 7.05 Å². The molecule has 1 aromatic heterocycles. The highest BCUT2D eigenvalue weighted by molar-refractivity contribution is 7.99. The van der Waals surface area contributed by atoms with Gasteiger partial charge in [-0.3, -0.25) is 4.90 Å². The molecule has 3 heterocycles. The van der Waals surface area contributed by atoms with Gasteiger partial charge in [-0.15, -0.1) is 10.2 Å². The van der Waals surface area contributed by atoms with Gasteiger partial charge in [0.2, 0.25) is 0 Å². The number of nitrogens with one attached hydrogen (secondary N) is 1. The smallest absolute Gasteiger partial charge is 0.191 e. The summed E-state index contributed by atoms with van der Waals surface area (Å²) in [5, 5.41) is 13.4. The number of hydrogen-bond donors (Lipinski definition) is 1. The molecule has 2 aliphatic heterocycles. The molecular weight excluding hydrogens is 282 g/mol. The van der Waals surface area contributed by atoms with Crippen molar-refractivity contribution in [1.29, 1.82) is 0 Å². The second-order valence-electron chi connectivity index (χ2n) is 6.16. The molecule has 0 amide bonds. The number of rotatable bonds is 5. The first-order valence-electron chi connectivity index (χ1n) is 8.26. The van der Waals surface area contributed by atoms with Gasteiger partial charge in [0.05, 0.1) is 0 Å². The maximum atomic E-state index is 4.47. The van der Waals surface area contributed by atoms with Gasteiger partial charge in [-0.05, 0) is 51.9 Å². The van der Waals surface area contributed by atoms with Crippen LogP contribution < -0.4 is 5.32 Å². The highest BCUT2D eigenvalue weighted by Crippen LogP contribution is 2.28. The predicted molar refractivity (Wildman–Crippen MR) is 86.8 cm³/mol. The van der Waals surface area contributed by atoms with E-state index in [0.717, 1.165) is 30.0 Å². The summed E-state index contributed by atoms with van der Waals surface area (Å²) in [6, 6.07) is 0.721. The van der Waals surface area contributed by atoms with Gasteiger partial charge in [0, 0.05) is 24.8 Å². The van der Waals surface area contributed by atoms with E-state index in [-0.39, 0.29) is 0 Å². The van der Waals surface area contributed by atoms with E-state index in [1.54, 1.807) is 0 Å². The molecule has 2 fully saturated rings. The van der Waals surface area contributed by atoms with Crippen LogP contribution in [0.3, 0.4) is 0 Å². The lowest BCUT2D eigenvalue weighted by Crippen LogP contribution is -2.31. The molecular formula is C15H27N5S. The molecule has 2 aliphatic rings. The fourth-order valence-corrected chi connectivity index (χ4v) is 4.66. The Labute approximate surface area is 131 Å². The number of hydrogen-bond acceptors (Lipinski definition) is 5. The van der Waals surface area contributed by atoms with Crippen molar-refractivity contribution in [3.8, 4) is 0 Å². The quantitative estimate of drug-likeness (QED) is 0.841. The molecule has 0 aromatic carbocycles. The van der Waals surface area contributed by atoms with Crippen LogP contribution in [0.4, 0.5) is 0 Å². The van der Waals surface area contributed by atoms with Crippen LogP contribution in [0.25, 0.3) is 0 Å². The van der Waals surface area contributed by atoms with Gasteiger partial charge < -0.3 is 9.88 Å². The Kier molecular flexibility index (Phi) is 5.19. The van der Waals surface area contributed by atoms with E-state index < -0.39 is 0 Å². The lowest BCUT2D eigenvalue weighted by atomic mass is 9.97. The summed E-state index contributed by atoms with van der Waals surface area (Å²) < 4.78 is 2.23. The molecule has 0 bridgehead atoms. The van der Waals surface area contributed by atoms with E-state index in [2.05, 4.69) is 39.0 Å². The van der Waals surface area contributed by atoms with Gasteiger partial charge >= 0.3 is 0 Å². The van der Waals surface area contributed by atoms with Crippen molar-refractivity contribution < 1.29 is 0 Å². The van der Waals surface area contributed by atoms with E-state index in [4.69, 9.17) is 0 Å². The summed E-state index contributed by atoms with van der Waals surface area (Å²) in [4.78, 5) is 2.59. The topological polar surface area (TPSA) is 46.0 Å². The summed E-state index contributed by atoms with van der Waals surface area (Å²) >= 11 is 1.88. The first-order valence-corrected chi connectivity index (χ1v) is 9.25. The van der Waals surface area contributed by atoms with E-state index >= 15 is 0 Å². The first-order chi connectivity index (χ1) is 10.3. The molecule has 1 atom stereocenters. The molecule has 2 saturated heterocycles. The average molecular weight is 309 g/mol. The molecule has 0 aliphatic carbocycles. The van der Waals surface area contributed by atoms with Gasteiger partial charge in [-0.2, -0.15) is 0 Å². The van der Waals surface area contributed by atoms with Crippen LogP contribution >= 0.6 is 11.8 Å². The van der Waals surface area contributed by atoms with Crippen molar-refractivity contribution >= 4 is 11.8 Å². The van der Waals surface area contributed by atoms with Gasteiger partial charge in [0.25, 0.3) is 0 Å². The van der Waals surface area contributed by atoms with Crippen LogP contribution in [0.15, 0.2) is 5.16 Å². The highest BCUT2D eigenvalue weighted by Gasteiger charge is 2.25. The molecule has 6 heteroatoms. The Hall–Kier alpha value is -0.590. The lowest BCUT2D eigenvalue weighted by molar-refractivity contribution is 0.287. The number of likely N-dealkylation sites (tertiary alicyclic amines) is 1. The number of aromatic nitrogens is 3. The minimum Gasteiger partial charge on any atom is -0.317 e. The zero-order chi connectivity index (χ0) is 14.7. The summed E-state index contributed by atoms with van der Waals surface area (Å²) in [6.45, 7) is 6.91. The van der Waals surface area contributed by atoms with E-state index in [1.165, 1.54) is 44.6 Å². The molecule has 0 saturated carbocycles. The van der Waals surface area contributed by atoms with Crippen LogP contribution in [0.5, 0.6) is 0 Å². The van der Waals surface area contributed by atoms with Crippen molar-refractivity contribution in [3.63, 3.8) is 0 Å². The summed E-state index contributed by atoms with van der Waals surface area (Å²) in [5.74, 6) is 2.90. The van der Waals surface area contributed by atoms with E-state index in [0.29, 0.717) is 5.92 Å². The molecule has 118 valence electrons. The summed E-state index contributed by atoms with van der Waals surface area (Å²) in [6.07, 6.45) is 5.05. The van der Waals surface area contributed by atoms with Crippen LogP contribution in [-0.4, -0.2) is 57.6 Å². The number of nitrogens with zero attached hydrogens (tertiary/aromatic N) is 4. The molecule has 0 unspecified atom stereocenters. The molecule has 21 heavy (non-hydrogen) atoms. The normalized spacial score (nSPS) is 24.8. The van der Waals surface area contributed by atoms with Crippen molar-refractivity contribution in [2.45, 2.75) is 49.7 Å². The number of piperidine rings is 1. The molecule has 0 spiro atoms. The maximum Gasteiger partial charge on any atom is 0.191 e. The monoisotopic (exact) mass is 309 g/mol. The van der Waals surface area contributed by atoms with Crippen molar-refractivity contribution in [3.05, 3.63) is 5.82 Å². The summed E-state index contributed by atoms with van der Waals surface area (Å²) in [7, 11) is 2.13. The summed E-state index contributed by atoms with van der Waals surface area (Å²) in [5.41, 5.74) is 0. The average Bonchev–Trinajstić information content (AvgIpc) is 3.12. The SMILES string of the molecule is CCN1CCC[C@H]1CSc1nnc(C2CCNCC2)n1C. The Bertz CT molecular complexity index is 455. The van der Waals surface area contributed by atoms with Crippen LogP contribution in [0, 0.1) is 0 Å². The minimum absolute atomic E-state index is 0.580. The zero-order valence-corrected chi connectivity index (χ0v) is 14.0. The number of thioether (sulfide) groups is 1. The van der Waals surface area contributed by atoms with Gasteiger partial charge in [-0.1, -0.05) is 18.7 Å². The maximum absolute atomic E-state index is 4.47. The fraction of sp³-hybridized carbons (Fsp3) is 0.867. The van der Waals surface area contributed by atoms with E-state index in [9.17, 15) is 0 Å². The Balaban J connectivity index is 1.60. The first kappa shape index (κ1) is 15.3. The lowest BCUT2D eigenvalue weighted by Gasteiger charge is -2.22. The third-order valence-electron chi connectivity index (χ3n) is 4.88. The second-order valence-corrected chi connectivity index (χ2v) is 7.15. The molecule has 1 aromatic rings. The molecule has 3 rings (SSSR count). The largest absolute Gasteiger partial charge is 0.317 e. The van der Waals surface area contributed by atoms with Crippen LogP contribution in [0.2, 0.25) is 0 Å². The third-order valence-corrected chi connectivity index (χ3v) is 6.05. The van der Waals surface area contributed by atoms with Crippen LogP contribution in [-0.2, 0) is 7.05 Å². The molecule has 1 N–H and O–H groups in total. The van der Waals surface area contributed by atoms with Gasteiger partial charge in [0.1, 0.15) is 5.82 Å². The second kappa shape index (κ2) is 7.11. The van der Waals surface area contributed by atoms with Crippen molar-refractivity contribution in [2.75, 3.05) is 31.9 Å². The highest BCUT2D eigenvalue weighted by atomic mass is 32.2. The Morgan fingerprint density at radius 3 is 2.81 bits per heavy atom. The fourth-order valence-electron chi connectivity index (χ4n) is 3.56. The van der Waals surface area contributed by atoms with Crippen LogP contribution in [0.1, 0.15) is 44.3 Å². The van der Waals surface area contributed by atoms with Gasteiger partial charge in [-0.25, -0.2) is 0 Å². The van der Waals surface area contributed by atoms with Gasteiger partial charge in [0.15, 0.2) is 5.16 Å².